The Balaban J connectivity index is 2.29. The first-order valence-corrected chi connectivity index (χ1v) is 5.17. The fourth-order valence-electron chi connectivity index (χ4n) is 2.15. The lowest BCUT2D eigenvalue weighted by Crippen LogP contribution is -2.33. The fourth-order valence-corrected chi connectivity index (χ4v) is 2.15. The average molecular weight is 171 g/mol. The Morgan fingerprint density at radius 3 is 2.83 bits per heavy atom. The van der Waals surface area contributed by atoms with Gasteiger partial charge in [-0.15, -0.1) is 0 Å². The van der Waals surface area contributed by atoms with Crippen molar-refractivity contribution in [2.24, 2.45) is 11.7 Å². The normalized spacial score (nSPS) is 33.2. The first-order valence-electron chi connectivity index (χ1n) is 5.17. The van der Waals surface area contributed by atoms with Crippen molar-refractivity contribution in [3.63, 3.8) is 0 Å². The van der Waals surface area contributed by atoms with Crippen molar-refractivity contribution in [2.45, 2.75) is 57.6 Å². The molecule has 3 atom stereocenters. The van der Waals surface area contributed by atoms with E-state index in [9.17, 15) is 5.11 Å². The molecule has 1 aliphatic carbocycles. The molecule has 0 aromatic heterocycles. The monoisotopic (exact) mass is 171 g/mol. The van der Waals surface area contributed by atoms with Crippen molar-refractivity contribution in [1.82, 2.24) is 0 Å². The van der Waals surface area contributed by atoms with Crippen LogP contribution in [0.25, 0.3) is 0 Å². The summed E-state index contributed by atoms with van der Waals surface area (Å²) >= 11 is 0. The van der Waals surface area contributed by atoms with Gasteiger partial charge in [-0.25, -0.2) is 0 Å². The van der Waals surface area contributed by atoms with Gasteiger partial charge in [0.2, 0.25) is 0 Å². The molecule has 3 unspecified atom stereocenters. The lowest BCUT2D eigenvalue weighted by molar-refractivity contribution is 0.0719. The number of hydrogen-bond acceptors (Lipinski definition) is 2. The van der Waals surface area contributed by atoms with Gasteiger partial charge in [0.15, 0.2) is 0 Å². The SMILES string of the molecule is CCCC(O)C1CCCC(N)C1. The van der Waals surface area contributed by atoms with Crippen LogP contribution in [-0.4, -0.2) is 17.3 Å². The summed E-state index contributed by atoms with van der Waals surface area (Å²) in [5.41, 5.74) is 5.85. The quantitative estimate of drug-likeness (QED) is 0.678. The van der Waals surface area contributed by atoms with Crippen LogP contribution < -0.4 is 5.73 Å². The van der Waals surface area contributed by atoms with E-state index >= 15 is 0 Å². The third kappa shape index (κ3) is 2.76. The van der Waals surface area contributed by atoms with Gasteiger partial charge in [-0.05, 0) is 31.6 Å². The van der Waals surface area contributed by atoms with Gasteiger partial charge in [-0.1, -0.05) is 19.8 Å². The Kier molecular flexibility index (Phi) is 4.02. The first-order chi connectivity index (χ1) is 5.74. The van der Waals surface area contributed by atoms with Crippen LogP contribution in [0.5, 0.6) is 0 Å². The van der Waals surface area contributed by atoms with Crippen molar-refractivity contribution in [2.75, 3.05) is 0 Å². The minimum atomic E-state index is -0.0960. The van der Waals surface area contributed by atoms with E-state index in [0.29, 0.717) is 12.0 Å². The first kappa shape index (κ1) is 10.0. The van der Waals surface area contributed by atoms with Crippen molar-refractivity contribution in [3.8, 4) is 0 Å². The maximum absolute atomic E-state index is 9.74. The molecule has 1 rings (SSSR count). The second-order valence-electron chi connectivity index (χ2n) is 4.04. The lowest BCUT2D eigenvalue weighted by atomic mass is 9.81. The molecule has 0 amide bonds. The predicted molar refractivity (Wildman–Crippen MR) is 50.8 cm³/mol. The van der Waals surface area contributed by atoms with E-state index in [1.165, 1.54) is 12.8 Å². The summed E-state index contributed by atoms with van der Waals surface area (Å²) in [6.45, 7) is 2.12. The Labute approximate surface area is 75.2 Å². The minimum Gasteiger partial charge on any atom is -0.393 e. The zero-order valence-corrected chi connectivity index (χ0v) is 8.00. The Bertz CT molecular complexity index is 127. The molecule has 2 nitrogen and oxygen atoms in total. The van der Waals surface area contributed by atoms with Gasteiger partial charge in [0.05, 0.1) is 6.10 Å². The van der Waals surface area contributed by atoms with E-state index in [-0.39, 0.29) is 6.10 Å². The molecular formula is C10H21NO. The summed E-state index contributed by atoms with van der Waals surface area (Å²) in [5, 5.41) is 9.74. The summed E-state index contributed by atoms with van der Waals surface area (Å²) in [6.07, 6.45) is 6.48. The molecule has 1 fully saturated rings. The van der Waals surface area contributed by atoms with E-state index in [0.717, 1.165) is 25.7 Å². The largest absolute Gasteiger partial charge is 0.393 e. The van der Waals surface area contributed by atoms with Crippen molar-refractivity contribution >= 4 is 0 Å². The number of aliphatic hydroxyl groups is 1. The zero-order chi connectivity index (χ0) is 8.97. The van der Waals surface area contributed by atoms with Crippen LogP contribution in [0.1, 0.15) is 45.4 Å². The molecular weight excluding hydrogens is 150 g/mol. The van der Waals surface area contributed by atoms with Crippen LogP contribution in [0, 0.1) is 5.92 Å². The van der Waals surface area contributed by atoms with Crippen LogP contribution in [-0.2, 0) is 0 Å². The Morgan fingerprint density at radius 1 is 1.50 bits per heavy atom. The maximum atomic E-state index is 9.74. The average Bonchev–Trinajstić information content (AvgIpc) is 2.05. The third-order valence-electron chi connectivity index (χ3n) is 2.88. The highest BCUT2D eigenvalue weighted by Crippen LogP contribution is 2.27. The standard InChI is InChI=1S/C10H21NO/c1-2-4-10(12)8-5-3-6-9(11)7-8/h8-10,12H,2-7,11H2,1H3. The van der Waals surface area contributed by atoms with Crippen molar-refractivity contribution in [3.05, 3.63) is 0 Å². The highest BCUT2D eigenvalue weighted by molar-refractivity contribution is 4.79. The molecule has 1 aliphatic rings. The topological polar surface area (TPSA) is 46.2 Å². The maximum Gasteiger partial charge on any atom is 0.0568 e. The molecule has 2 heteroatoms. The van der Waals surface area contributed by atoms with E-state index in [4.69, 9.17) is 5.73 Å². The Morgan fingerprint density at radius 2 is 2.25 bits per heavy atom. The van der Waals surface area contributed by atoms with Crippen LogP contribution in [0.15, 0.2) is 0 Å². The number of nitrogens with two attached hydrogens (primary N) is 1. The van der Waals surface area contributed by atoms with Crippen molar-refractivity contribution < 1.29 is 5.11 Å². The van der Waals surface area contributed by atoms with E-state index < -0.39 is 0 Å². The smallest absolute Gasteiger partial charge is 0.0568 e. The molecule has 0 heterocycles. The van der Waals surface area contributed by atoms with Gasteiger partial charge in [0.25, 0.3) is 0 Å². The van der Waals surface area contributed by atoms with E-state index in [1.807, 2.05) is 0 Å². The van der Waals surface area contributed by atoms with Gasteiger partial charge in [0.1, 0.15) is 0 Å². The van der Waals surface area contributed by atoms with E-state index in [1.54, 1.807) is 0 Å². The lowest BCUT2D eigenvalue weighted by Gasteiger charge is -2.30. The Hall–Kier alpha value is -0.0800. The predicted octanol–water partition coefficient (Wildman–Crippen LogP) is 1.66. The molecule has 72 valence electrons. The van der Waals surface area contributed by atoms with Gasteiger partial charge in [-0.3, -0.25) is 0 Å². The van der Waals surface area contributed by atoms with Gasteiger partial charge >= 0.3 is 0 Å². The molecule has 3 N–H and O–H groups in total. The highest BCUT2D eigenvalue weighted by Gasteiger charge is 2.24. The minimum absolute atomic E-state index is 0.0960. The van der Waals surface area contributed by atoms with Crippen LogP contribution in [0.3, 0.4) is 0 Å². The molecule has 0 aromatic carbocycles. The van der Waals surface area contributed by atoms with Gasteiger partial charge in [0, 0.05) is 6.04 Å². The molecule has 12 heavy (non-hydrogen) atoms. The van der Waals surface area contributed by atoms with Crippen LogP contribution in [0.2, 0.25) is 0 Å². The molecule has 0 radical (unpaired) electrons. The highest BCUT2D eigenvalue weighted by atomic mass is 16.3. The summed E-state index contributed by atoms with van der Waals surface area (Å²) in [7, 11) is 0. The van der Waals surface area contributed by atoms with Crippen LogP contribution >= 0.6 is 0 Å². The number of hydrogen-bond donors (Lipinski definition) is 2. The van der Waals surface area contributed by atoms with Crippen molar-refractivity contribution in [1.29, 1.82) is 0 Å². The molecule has 0 saturated heterocycles. The number of aliphatic hydroxyl groups excluding tert-OH is 1. The van der Waals surface area contributed by atoms with Gasteiger partial charge < -0.3 is 10.8 Å². The molecule has 0 bridgehead atoms. The van der Waals surface area contributed by atoms with Gasteiger partial charge in [-0.2, -0.15) is 0 Å². The summed E-state index contributed by atoms with van der Waals surface area (Å²) in [5.74, 6) is 0.480. The van der Waals surface area contributed by atoms with E-state index in [2.05, 4.69) is 6.92 Å². The molecule has 0 spiro atoms. The van der Waals surface area contributed by atoms with Crippen LogP contribution in [0.4, 0.5) is 0 Å². The second kappa shape index (κ2) is 4.83. The molecule has 0 aliphatic heterocycles. The fraction of sp³-hybridized carbons (Fsp3) is 1.00. The molecule has 1 saturated carbocycles. The molecule has 0 aromatic rings. The zero-order valence-electron chi connectivity index (χ0n) is 8.00. The number of rotatable bonds is 3. The second-order valence-corrected chi connectivity index (χ2v) is 4.04. The summed E-state index contributed by atoms with van der Waals surface area (Å²) < 4.78 is 0. The summed E-state index contributed by atoms with van der Waals surface area (Å²) in [6, 6.07) is 0.343. The summed E-state index contributed by atoms with van der Waals surface area (Å²) in [4.78, 5) is 0. The third-order valence-corrected chi connectivity index (χ3v) is 2.88.